The summed E-state index contributed by atoms with van der Waals surface area (Å²) in [5, 5.41) is 13.3. The second-order valence-corrected chi connectivity index (χ2v) is 5.94. The Labute approximate surface area is 102 Å². The monoisotopic (exact) mass is 229 g/mol. The van der Waals surface area contributed by atoms with E-state index < -0.39 is 0 Å². The summed E-state index contributed by atoms with van der Waals surface area (Å²) in [5.74, 6) is 0.691. The SMILES string of the molecule is CCCCC(CC)CC(O)CNC(C)(C)C. The van der Waals surface area contributed by atoms with Gasteiger partial charge in [0.2, 0.25) is 0 Å². The molecule has 0 radical (unpaired) electrons. The van der Waals surface area contributed by atoms with Crippen molar-refractivity contribution >= 4 is 0 Å². The van der Waals surface area contributed by atoms with Crippen LogP contribution in [0.1, 0.15) is 66.7 Å². The van der Waals surface area contributed by atoms with Crippen molar-refractivity contribution in [1.29, 1.82) is 0 Å². The number of aliphatic hydroxyl groups excluding tert-OH is 1. The highest BCUT2D eigenvalue weighted by atomic mass is 16.3. The number of β-amino-alcohol motifs (C(OH)–C–C–N with tert-alkyl or cyclic N) is 1. The lowest BCUT2D eigenvalue weighted by Crippen LogP contribution is -2.41. The lowest BCUT2D eigenvalue weighted by atomic mass is 9.93. The Morgan fingerprint density at radius 3 is 2.25 bits per heavy atom. The average molecular weight is 229 g/mol. The van der Waals surface area contributed by atoms with Crippen molar-refractivity contribution in [3.05, 3.63) is 0 Å². The quantitative estimate of drug-likeness (QED) is 0.669. The fraction of sp³-hybridized carbons (Fsp3) is 1.00. The smallest absolute Gasteiger partial charge is 0.0667 e. The first-order valence-corrected chi connectivity index (χ1v) is 6.82. The summed E-state index contributed by atoms with van der Waals surface area (Å²) >= 11 is 0. The molecule has 2 nitrogen and oxygen atoms in total. The van der Waals surface area contributed by atoms with Gasteiger partial charge >= 0.3 is 0 Å². The maximum Gasteiger partial charge on any atom is 0.0667 e. The molecule has 0 saturated heterocycles. The molecule has 0 aromatic heterocycles. The Hall–Kier alpha value is -0.0800. The molecule has 98 valence electrons. The molecule has 16 heavy (non-hydrogen) atoms. The largest absolute Gasteiger partial charge is 0.392 e. The fourth-order valence-electron chi connectivity index (χ4n) is 1.87. The summed E-state index contributed by atoms with van der Waals surface area (Å²) in [5.41, 5.74) is 0.103. The summed E-state index contributed by atoms with van der Waals surface area (Å²) in [6.07, 6.45) is 5.75. The van der Waals surface area contributed by atoms with Crippen LogP contribution in [0.2, 0.25) is 0 Å². The van der Waals surface area contributed by atoms with Gasteiger partial charge in [0, 0.05) is 12.1 Å². The number of hydrogen-bond acceptors (Lipinski definition) is 2. The van der Waals surface area contributed by atoms with Crippen LogP contribution in [0.3, 0.4) is 0 Å². The zero-order chi connectivity index (χ0) is 12.6. The van der Waals surface area contributed by atoms with E-state index >= 15 is 0 Å². The van der Waals surface area contributed by atoms with Gasteiger partial charge in [-0.1, -0.05) is 39.5 Å². The molecule has 0 aliphatic rings. The van der Waals surface area contributed by atoms with Gasteiger partial charge in [0.1, 0.15) is 0 Å². The van der Waals surface area contributed by atoms with Gasteiger partial charge < -0.3 is 10.4 Å². The molecule has 0 bridgehead atoms. The van der Waals surface area contributed by atoms with E-state index in [9.17, 15) is 5.11 Å². The Morgan fingerprint density at radius 2 is 1.81 bits per heavy atom. The lowest BCUT2D eigenvalue weighted by Gasteiger charge is -2.25. The number of unbranched alkanes of at least 4 members (excludes halogenated alkanes) is 1. The third-order valence-electron chi connectivity index (χ3n) is 3.02. The van der Waals surface area contributed by atoms with Crippen molar-refractivity contribution in [2.24, 2.45) is 5.92 Å². The number of hydrogen-bond donors (Lipinski definition) is 2. The van der Waals surface area contributed by atoms with Crippen LogP contribution in [0.5, 0.6) is 0 Å². The van der Waals surface area contributed by atoms with Crippen LogP contribution in [0.15, 0.2) is 0 Å². The van der Waals surface area contributed by atoms with Crippen molar-refractivity contribution in [2.45, 2.75) is 78.4 Å². The Kier molecular flexibility index (Phi) is 8.04. The highest BCUT2D eigenvalue weighted by molar-refractivity contribution is 4.74. The van der Waals surface area contributed by atoms with Gasteiger partial charge in [-0.2, -0.15) is 0 Å². The van der Waals surface area contributed by atoms with E-state index in [1.807, 2.05) is 0 Å². The Bertz CT molecular complexity index is 163. The maximum atomic E-state index is 9.95. The van der Waals surface area contributed by atoms with Gasteiger partial charge in [0.15, 0.2) is 0 Å². The van der Waals surface area contributed by atoms with Gasteiger partial charge in [-0.3, -0.25) is 0 Å². The molecule has 0 spiro atoms. The molecule has 0 amide bonds. The summed E-state index contributed by atoms with van der Waals surface area (Å²) in [4.78, 5) is 0. The van der Waals surface area contributed by atoms with E-state index in [1.165, 1.54) is 25.7 Å². The van der Waals surface area contributed by atoms with E-state index in [0.29, 0.717) is 12.5 Å². The zero-order valence-electron chi connectivity index (χ0n) is 11.8. The normalized spacial score (nSPS) is 16.1. The Morgan fingerprint density at radius 1 is 1.19 bits per heavy atom. The average Bonchev–Trinajstić information content (AvgIpc) is 2.20. The maximum absolute atomic E-state index is 9.95. The molecule has 0 aliphatic heterocycles. The predicted octanol–water partition coefficient (Wildman–Crippen LogP) is 3.34. The van der Waals surface area contributed by atoms with Gasteiger partial charge in [0.05, 0.1) is 6.10 Å². The van der Waals surface area contributed by atoms with Crippen molar-refractivity contribution in [2.75, 3.05) is 6.54 Å². The van der Waals surface area contributed by atoms with Crippen LogP contribution < -0.4 is 5.32 Å². The molecule has 2 heteroatoms. The molecular weight excluding hydrogens is 198 g/mol. The topological polar surface area (TPSA) is 32.3 Å². The molecule has 0 aliphatic carbocycles. The highest BCUT2D eigenvalue weighted by Gasteiger charge is 2.15. The van der Waals surface area contributed by atoms with Crippen molar-refractivity contribution in [3.8, 4) is 0 Å². The number of rotatable bonds is 8. The van der Waals surface area contributed by atoms with Crippen LogP contribution in [0.25, 0.3) is 0 Å². The van der Waals surface area contributed by atoms with Crippen LogP contribution in [0, 0.1) is 5.92 Å². The van der Waals surface area contributed by atoms with E-state index in [0.717, 1.165) is 6.42 Å². The van der Waals surface area contributed by atoms with Crippen LogP contribution in [-0.4, -0.2) is 23.3 Å². The molecule has 0 saturated carbocycles. The molecule has 2 N–H and O–H groups in total. The third kappa shape index (κ3) is 9.17. The predicted molar refractivity (Wildman–Crippen MR) is 71.7 cm³/mol. The summed E-state index contributed by atoms with van der Waals surface area (Å²) in [6, 6.07) is 0. The third-order valence-corrected chi connectivity index (χ3v) is 3.02. The minimum Gasteiger partial charge on any atom is -0.392 e. The fourth-order valence-corrected chi connectivity index (χ4v) is 1.87. The molecule has 0 heterocycles. The molecule has 0 aromatic carbocycles. The first-order chi connectivity index (χ1) is 7.39. The molecule has 2 unspecified atom stereocenters. The number of nitrogens with one attached hydrogen (secondary N) is 1. The summed E-state index contributed by atoms with van der Waals surface area (Å²) in [6.45, 7) is 11.6. The molecular formula is C14H31NO. The molecule has 0 rings (SSSR count). The van der Waals surface area contributed by atoms with Crippen molar-refractivity contribution in [3.63, 3.8) is 0 Å². The molecule has 2 atom stereocenters. The first kappa shape index (κ1) is 15.9. The van der Waals surface area contributed by atoms with Crippen molar-refractivity contribution in [1.82, 2.24) is 5.32 Å². The molecule has 0 fully saturated rings. The summed E-state index contributed by atoms with van der Waals surface area (Å²) in [7, 11) is 0. The number of aliphatic hydroxyl groups is 1. The minimum absolute atomic E-state index is 0.103. The second kappa shape index (κ2) is 8.08. The van der Waals surface area contributed by atoms with Crippen LogP contribution in [-0.2, 0) is 0 Å². The second-order valence-electron chi connectivity index (χ2n) is 5.94. The Balaban J connectivity index is 3.77. The van der Waals surface area contributed by atoms with Gasteiger partial charge in [0.25, 0.3) is 0 Å². The first-order valence-electron chi connectivity index (χ1n) is 6.82. The van der Waals surface area contributed by atoms with Gasteiger partial charge in [-0.25, -0.2) is 0 Å². The molecule has 0 aromatic rings. The standard InChI is InChI=1S/C14H31NO/c1-6-8-9-12(7-2)10-13(16)11-15-14(3,4)5/h12-13,15-16H,6-11H2,1-5H3. The lowest BCUT2D eigenvalue weighted by molar-refractivity contribution is 0.127. The minimum atomic E-state index is -0.193. The van der Waals surface area contributed by atoms with E-state index in [2.05, 4.69) is 39.9 Å². The van der Waals surface area contributed by atoms with E-state index in [1.54, 1.807) is 0 Å². The van der Waals surface area contributed by atoms with E-state index in [-0.39, 0.29) is 11.6 Å². The van der Waals surface area contributed by atoms with Gasteiger partial charge in [-0.15, -0.1) is 0 Å². The summed E-state index contributed by atoms with van der Waals surface area (Å²) < 4.78 is 0. The van der Waals surface area contributed by atoms with Crippen LogP contribution >= 0.6 is 0 Å². The van der Waals surface area contributed by atoms with E-state index in [4.69, 9.17) is 0 Å². The van der Waals surface area contributed by atoms with Crippen molar-refractivity contribution < 1.29 is 5.11 Å². The van der Waals surface area contributed by atoms with Crippen LogP contribution in [0.4, 0.5) is 0 Å². The highest BCUT2D eigenvalue weighted by Crippen LogP contribution is 2.18. The zero-order valence-corrected chi connectivity index (χ0v) is 11.8. The van der Waals surface area contributed by atoms with Gasteiger partial charge in [-0.05, 0) is 33.1 Å².